The van der Waals surface area contributed by atoms with Crippen LogP contribution in [0.25, 0.3) is 0 Å². The zero-order valence-corrected chi connectivity index (χ0v) is 12.8. The van der Waals surface area contributed by atoms with E-state index in [9.17, 15) is 0 Å². The van der Waals surface area contributed by atoms with Crippen molar-refractivity contribution in [2.24, 2.45) is 0 Å². The number of benzene rings is 1. The van der Waals surface area contributed by atoms with Crippen LogP contribution in [0.15, 0.2) is 24.3 Å². The first-order valence-corrected chi connectivity index (χ1v) is 7.43. The number of hydrogen-bond acceptors (Lipinski definition) is 4. The van der Waals surface area contributed by atoms with Crippen LogP contribution in [-0.2, 0) is 0 Å². The number of ether oxygens (including phenoxy) is 2. The van der Waals surface area contributed by atoms with E-state index >= 15 is 0 Å². The lowest BCUT2D eigenvalue weighted by molar-refractivity contribution is 0.0967. The number of hydrogen-bond donors (Lipinski definition) is 0. The highest BCUT2D eigenvalue weighted by Crippen LogP contribution is 2.25. The molecule has 1 aromatic carbocycles. The van der Waals surface area contributed by atoms with Crippen molar-refractivity contribution in [1.29, 1.82) is 0 Å². The van der Waals surface area contributed by atoms with Gasteiger partial charge in [0.1, 0.15) is 6.61 Å². The summed E-state index contributed by atoms with van der Waals surface area (Å²) in [5, 5.41) is 0. The molecule has 4 heteroatoms. The van der Waals surface area contributed by atoms with Crippen LogP contribution in [0.2, 0.25) is 0 Å². The lowest BCUT2D eigenvalue weighted by atomic mass is 10.2. The summed E-state index contributed by atoms with van der Waals surface area (Å²) in [4.78, 5) is 4.99. The summed E-state index contributed by atoms with van der Waals surface area (Å²) in [5.74, 6) is 1.63. The molecule has 0 aromatic heterocycles. The van der Waals surface area contributed by atoms with Crippen molar-refractivity contribution in [2.75, 3.05) is 46.4 Å². The third-order valence-corrected chi connectivity index (χ3v) is 3.87. The lowest BCUT2D eigenvalue weighted by Gasteiger charge is -2.36. The maximum Gasteiger partial charge on any atom is 0.161 e. The fourth-order valence-corrected chi connectivity index (χ4v) is 2.53. The van der Waals surface area contributed by atoms with Gasteiger partial charge in [0.25, 0.3) is 0 Å². The smallest absolute Gasteiger partial charge is 0.161 e. The maximum absolute atomic E-state index is 5.82. The SMILES string of the molecule is COc1ccccc1OCCN1CCN(C(C)C)CC1. The van der Waals surface area contributed by atoms with Crippen molar-refractivity contribution < 1.29 is 9.47 Å². The van der Waals surface area contributed by atoms with Gasteiger partial charge in [-0.15, -0.1) is 0 Å². The van der Waals surface area contributed by atoms with E-state index in [-0.39, 0.29) is 0 Å². The molecule has 0 unspecified atom stereocenters. The number of rotatable bonds is 6. The molecule has 0 radical (unpaired) electrons. The molecule has 2 rings (SSSR count). The van der Waals surface area contributed by atoms with Crippen molar-refractivity contribution in [3.63, 3.8) is 0 Å². The Morgan fingerprint density at radius 1 is 1.05 bits per heavy atom. The summed E-state index contributed by atoms with van der Waals surface area (Å²) in [5.41, 5.74) is 0. The summed E-state index contributed by atoms with van der Waals surface area (Å²) in [6.07, 6.45) is 0. The lowest BCUT2D eigenvalue weighted by Crippen LogP contribution is -2.49. The standard InChI is InChI=1S/C16H26N2O2/c1-14(2)18-10-8-17(9-11-18)12-13-20-16-7-5-4-6-15(16)19-3/h4-7,14H,8-13H2,1-3H3. The minimum absolute atomic E-state index is 0.655. The molecule has 1 aliphatic heterocycles. The van der Waals surface area contributed by atoms with Crippen LogP contribution in [0.1, 0.15) is 13.8 Å². The molecule has 0 saturated carbocycles. The quantitative estimate of drug-likeness (QED) is 0.795. The van der Waals surface area contributed by atoms with Gasteiger partial charge in [0.05, 0.1) is 7.11 Å². The number of methoxy groups -OCH3 is 1. The number of piperazine rings is 1. The monoisotopic (exact) mass is 278 g/mol. The topological polar surface area (TPSA) is 24.9 Å². The fourth-order valence-electron chi connectivity index (χ4n) is 2.53. The van der Waals surface area contributed by atoms with Gasteiger partial charge in [0, 0.05) is 38.8 Å². The van der Waals surface area contributed by atoms with Crippen LogP contribution >= 0.6 is 0 Å². The average Bonchev–Trinajstić information content (AvgIpc) is 2.48. The van der Waals surface area contributed by atoms with Gasteiger partial charge in [0.15, 0.2) is 11.5 Å². The predicted octanol–water partition coefficient (Wildman–Crippen LogP) is 2.10. The third kappa shape index (κ3) is 4.12. The third-order valence-electron chi connectivity index (χ3n) is 3.87. The van der Waals surface area contributed by atoms with Crippen molar-refractivity contribution in [2.45, 2.75) is 19.9 Å². The Hall–Kier alpha value is -1.26. The van der Waals surface area contributed by atoms with Gasteiger partial charge < -0.3 is 9.47 Å². The largest absolute Gasteiger partial charge is 0.493 e. The molecule has 112 valence electrons. The summed E-state index contributed by atoms with van der Waals surface area (Å²) in [7, 11) is 1.67. The van der Waals surface area contributed by atoms with E-state index in [1.807, 2.05) is 24.3 Å². The second-order valence-corrected chi connectivity index (χ2v) is 5.47. The van der Waals surface area contributed by atoms with Crippen LogP contribution in [0, 0.1) is 0 Å². The molecule has 0 spiro atoms. The Balaban J connectivity index is 1.72. The zero-order chi connectivity index (χ0) is 14.4. The minimum atomic E-state index is 0.655. The second-order valence-electron chi connectivity index (χ2n) is 5.47. The van der Waals surface area contributed by atoms with Crippen molar-refractivity contribution >= 4 is 0 Å². The van der Waals surface area contributed by atoms with Crippen LogP contribution in [0.3, 0.4) is 0 Å². The molecular formula is C16H26N2O2. The van der Waals surface area contributed by atoms with E-state index in [0.717, 1.165) is 44.2 Å². The van der Waals surface area contributed by atoms with Crippen molar-refractivity contribution in [1.82, 2.24) is 9.80 Å². The van der Waals surface area contributed by atoms with E-state index in [1.165, 1.54) is 0 Å². The van der Waals surface area contributed by atoms with E-state index < -0.39 is 0 Å². The first-order chi connectivity index (χ1) is 9.70. The van der Waals surface area contributed by atoms with Gasteiger partial charge in [-0.3, -0.25) is 9.80 Å². The molecule has 0 bridgehead atoms. The highest BCUT2D eigenvalue weighted by atomic mass is 16.5. The van der Waals surface area contributed by atoms with Crippen LogP contribution in [0.4, 0.5) is 0 Å². The Kier molecular flexibility index (Phi) is 5.68. The first-order valence-electron chi connectivity index (χ1n) is 7.43. The zero-order valence-electron chi connectivity index (χ0n) is 12.8. The molecule has 1 fully saturated rings. The Morgan fingerprint density at radius 2 is 1.70 bits per heavy atom. The first kappa shape index (κ1) is 15.1. The normalized spacial score (nSPS) is 17.4. The molecule has 1 heterocycles. The molecule has 1 aromatic rings. The van der Waals surface area contributed by atoms with Crippen LogP contribution in [-0.4, -0.2) is 62.3 Å². The Labute approximate surface area is 122 Å². The van der Waals surface area contributed by atoms with Gasteiger partial charge in [-0.2, -0.15) is 0 Å². The van der Waals surface area contributed by atoms with E-state index in [4.69, 9.17) is 9.47 Å². The van der Waals surface area contributed by atoms with E-state index in [2.05, 4.69) is 23.6 Å². The number of nitrogens with zero attached hydrogens (tertiary/aromatic N) is 2. The van der Waals surface area contributed by atoms with Gasteiger partial charge >= 0.3 is 0 Å². The summed E-state index contributed by atoms with van der Waals surface area (Å²) in [6, 6.07) is 8.46. The van der Waals surface area contributed by atoms with E-state index in [0.29, 0.717) is 12.6 Å². The van der Waals surface area contributed by atoms with E-state index in [1.54, 1.807) is 7.11 Å². The summed E-state index contributed by atoms with van der Waals surface area (Å²) >= 11 is 0. The van der Waals surface area contributed by atoms with Gasteiger partial charge in [-0.25, -0.2) is 0 Å². The Morgan fingerprint density at radius 3 is 2.30 bits per heavy atom. The van der Waals surface area contributed by atoms with Crippen LogP contribution in [0.5, 0.6) is 11.5 Å². The molecular weight excluding hydrogens is 252 g/mol. The summed E-state index contributed by atoms with van der Waals surface area (Å²) in [6.45, 7) is 10.8. The molecule has 0 N–H and O–H groups in total. The average molecular weight is 278 g/mol. The van der Waals surface area contributed by atoms with Crippen LogP contribution < -0.4 is 9.47 Å². The molecule has 0 aliphatic carbocycles. The highest BCUT2D eigenvalue weighted by Gasteiger charge is 2.18. The highest BCUT2D eigenvalue weighted by molar-refractivity contribution is 5.39. The van der Waals surface area contributed by atoms with Gasteiger partial charge in [-0.05, 0) is 26.0 Å². The van der Waals surface area contributed by atoms with Gasteiger partial charge in [0.2, 0.25) is 0 Å². The fraction of sp³-hybridized carbons (Fsp3) is 0.625. The van der Waals surface area contributed by atoms with Crippen molar-refractivity contribution in [3.05, 3.63) is 24.3 Å². The molecule has 0 amide bonds. The molecule has 1 saturated heterocycles. The Bertz CT molecular complexity index is 401. The molecule has 4 nitrogen and oxygen atoms in total. The van der Waals surface area contributed by atoms with Crippen molar-refractivity contribution in [3.8, 4) is 11.5 Å². The molecule has 1 aliphatic rings. The predicted molar refractivity (Wildman–Crippen MR) is 81.6 cm³/mol. The van der Waals surface area contributed by atoms with Gasteiger partial charge in [-0.1, -0.05) is 12.1 Å². The minimum Gasteiger partial charge on any atom is -0.493 e. The molecule has 0 atom stereocenters. The maximum atomic E-state index is 5.82. The number of para-hydroxylation sites is 2. The molecule has 20 heavy (non-hydrogen) atoms. The second kappa shape index (κ2) is 7.50. The summed E-state index contributed by atoms with van der Waals surface area (Å²) < 4.78 is 11.1.